The third-order valence-corrected chi connectivity index (χ3v) is 2.93. The maximum Gasteiger partial charge on any atom is 0.225 e. The standard InChI is InChI=1S/C9H15NO/c11-9-7-5-3-1-2-4-6-8(7)10-9/h7-8H,1-6H2,(H,10,11)/t7-,8+/m0/s1. The molecule has 0 unspecified atom stereocenters. The van der Waals surface area contributed by atoms with Crippen molar-refractivity contribution >= 4 is 5.91 Å². The van der Waals surface area contributed by atoms with E-state index in [1.54, 1.807) is 0 Å². The van der Waals surface area contributed by atoms with Gasteiger partial charge in [-0.1, -0.05) is 25.7 Å². The van der Waals surface area contributed by atoms with Crippen LogP contribution in [0.25, 0.3) is 0 Å². The third kappa shape index (κ3) is 1.26. The molecule has 2 fully saturated rings. The number of amides is 1. The minimum Gasteiger partial charge on any atom is -0.352 e. The van der Waals surface area contributed by atoms with E-state index < -0.39 is 0 Å². The van der Waals surface area contributed by atoms with Crippen molar-refractivity contribution in [2.24, 2.45) is 5.92 Å². The largest absolute Gasteiger partial charge is 0.352 e. The summed E-state index contributed by atoms with van der Waals surface area (Å²) < 4.78 is 0. The number of fused-ring (bicyclic) bond motifs is 1. The quantitative estimate of drug-likeness (QED) is 0.524. The molecule has 2 nitrogen and oxygen atoms in total. The SMILES string of the molecule is O=C1N[C@@H]2CCCCCC[C@H]12. The highest BCUT2D eigenvalue weighted by atomic mass is 16.2. The minimum atomic E-state index is 0.303. The van der Waals surface area contributed by atoms with Crippen molar-refractivity contribution in [3.05, 3.63) is 0 Å². The third-order valence-electron chi connectivity index (χ3n) is 2.93. The summed E-state index contributed by atoms with van der Waals surface area (Å²) in [7, 11) is 0. The van der Waals surface area contributed by atoms with Gasteiger partial charge in [0.25, 0.3) is 0 Å². The molecule has 1 aliphatic carbocycles. The van der Waals surface area contributed by atoms with Crippen LogP contribution in [0.15, 0.2) is 0 Å². The van der Waals surface area contributed by atoms with Crippen LogP contribution in [0.1, 0.15) is 38.5 Å². The lowest BCUT2D eigenvalue weighted by atomic mass is 9.81. The van der Waals surface area contributed by atoms with Crippen molar-refractivity contribution in [1.29, 1.82) is 0 Å². The second-order valence-corrected chi connectivity index (χ2v) is 3.71. The number of hydrogen-bond acceptors (Lipinski definition) is 1. The van der Waals surface area contributed by atoms with Gasteiger partial charge in [-0.15, -0.1) is 0 Å². The molecule has 1 aliphatic heterocycles. The van der Waals surface area contributed by atoms with Crippen LogP contribution < -0.4 is 5.32 Å². The summed E-state index contributed by atoms with van der Waals surface area (Å²) >= 11 is 0. The molecule has 62 valence electrons. The molecule has 0 spiro atoms. The molecule has 0 aromatic heterocycles. The van der Waals surface area contributed by atoms with Crippen LogP contribution in [0.2, 0.25) is 0 Å². The predicted octanol–water partition coefficient (Wildman–Crippen LogP) is 1.46. The Hall–Kier alpha value is -0.530. The highest BCUT2D eigenvalue weighted by molar-refractivity contribution is 5.85. The zero-order valence-corrected chi connectivity index (χ0v) is 6.81. The Morgan fingerprint density at radius 2 is 1.82 bits per heavy atom. The van der Waals surface area contributed by atoms with E-state index in [4.69, 9.17) is 0 Å². The van der Waals surface area contributed by atoms with Crippen LogP contribution in [-0.4, -0.2) is 11.9 Å². The van der Waals surface area contributed by atoms with E-state index in [2.05, 4.69) is 5.32 Å². The molecule has 1 heterocycles. The van der Waals surface area contributed by atoms with E-state index in [0.29, 0.717) is 17.9 Å². The topological polar surface area (TPSA) is 29.1 Å². The van der Waals surface area contributed by atoms with Crippen molar-refractivity contribution < 1.29 is 4.79 Å². The molecule has 1 saturated heterocycles. The molecule has 0 bridgehead atoms. The van der Waals surface area contributed by atoms with Crippen LogP contribution in [0.4, 0.5) is 0 Å². The van der Waals surface area contributed by atoms with Gasteiger partial charge in [0, 0.05) is 6.04 Å². The van der Waals surface area contributed by atoms with E-state index in [1.165, 1.54) is 32.1 Å². The minimum absolute atomic E-state index is 0.303. The van der Waals surface area contributed by atoms with Crippen molar-refractivity contribution in [2.75, 3.05) is 0 Å². The van der Waals surface area contributed by atoms with E-state index in [9.17, 15) is 4.79 Å². The van der Waals surface area contributed by atoms with Crippen molar-refractivity contribution in [2.45, 2.75) is 44.6 Å². The van der Waals surface area contributed by atoms with Crippen molar-refractivity contribution in [1.82, 2.24) is 5.32 Å². The zero-order valence-electron chi connectivity index (χ0n) is 6.81. The van der Waals surface area contributed by atoms with E-state index in [0.717, 1.165) is 6.42 Å². The molecule has 0 aromatic carbocycles. The van der Waals surface area contributed by atoms with Crippen LogP contribution in [0.5, 0.6) is 0 Å². The van der Waals surface area contributed by atoms with Gasteiger partial charge in [0.05, 0.1) is 5.92 Å². The van der Waals surface area contributed by atoms with Gasteiger partial charge < -0.3 is 5.32 Å². The van der Waals surface area contributed by atoms with Gasteiger partial charge in [0.1, 0.15) is 0 Å². The number of carbonyl (C=O) groups excluding carboxylic acids is 1. The Labute approximate surface area is 67.4 Å². The molecule has 2 rings (SSSR count). The molecule has 0 aromatic rings. The Morgan fingerprint density at radius 1 is 1.09 bits per heavy atom. The first kappa shape index (κ1) is 7.14. The van der Waals surface area contributed by atoms with Gasteiger partial charge in [-0.25, -0.2) is 0 Å². The molecule has 2 heteroatoms. The number of β-lactam (4-membered cyclic amide) rings is 1. The normalized spacial score (nSPS) is 37.6. The maximum atomic E-state index is 11.0. The van der Waals surface area contributed by atoms with Crippen LogP contribution in [-0.2, 0) is 4.79 Å². The monoisotopic (exact) mass is 153 g/mol. The number of rotatable bonds is 0. The van der Waals surface area contributed by atoms with Crippen molar-refractivity contribution in [3.8, 4) is 0 Å². The first-order chi connectivity index (χ1) is 5.38. The second-order valence-electron chi connectivity index (χ2n) is 3.71. The first-order valence-corrected chi connectivity index (χ1v) is 4.68. The maximum absolute atomic E-state index is 11.0. The van der Waals surface area contributed by atoms with Crippen LogP contribution >= 0.6 is 0 Å². The fourth-order valence-corrected chi connectivity index (χ4v) is 2.16. The molecular formula is C9H15NO. The van der Waals surface area contributed by atoms with Gasteiger partial charge in [-0.3, -0.25) is 4.79 Å². The summed E-state index contributed by atoms with van der Waals surface area (Å²) in [6, 6.07) is 0.544. The fourth-order valence-electron chi connectivity index (χ4n) is 2.16. The molecule has 11 heavy (non-hydrogen) atoms. The number of carbonyl (C=O) groups is 1. The van der Waals surface area contributed by atoms with Gasteiger partial charge in [0.2, 0.25) is 5.91 Å². The van der Waals surface area contributed by atoms with Crippen LogP contribution in [0, 0.1) is 5.92 Å². The lowest BCUT2D eigenvalue weighted by Gasteiger charge is -2.38. The molecule has 1 N–H and O–H groups in total. The molecule has 0 radical (unpaired) electrons. The van der Waals surface area contributed by atoms with Gasteiger partial charge >= 0.3 is 0 Å². The average Bonchev–Trinajstić information content (AvgIpc) is 1.96. The summed E-state index contributed by atoms with van der Waals surface area (Å²) in [5.41, 5.74) is 0. The highest BCUT2D eigenvalue weighted by Crippen LogP contribution is 2.28. The Kier molecular flexibility index (Phi) is 1.84. The number of nitrogens with one attached hydrogen (secondary N) is 1. The first-order valence-electron chi connectivity index (χ1n) is 4.68. The predicted molar refractivity (Wildman–Crippen MR) is 43.1 cm³/mol. The van der Waals surface area contributed by atoms with Crippen molar-refractivity contribution in [3.63, 3.8) is 0 Å². The van der Waals surface area contributed by atoms with E-state index in [-0.39, 0.29) is 0 Å². The summed E-state index contributed by atoms with van der Waals surface area (Å²) in [6.07, 6.45) is 7.61. The second kappa shape index (κ2) is 2.84. The highest BCUT2D eigenvalue weighted by Gasteiger charge is 2.38. The van der Waals surface area contributed by atoms with Crippen LogP contribution in [0.3, 0.4) is 0 Å². The smallest absolute Gasteiger partial charge is 0.225 e. The molecular weight excluding hydrogens is 138 g/mol. The lowest BCUT2D eigenvalue weighted by molar-refractivity contribution is -0.135. The lowest BCUT2D eigenvalue weighted by Crippen LogP contribution is -2.58. The molecule has 2 aliphatic rings. The average molecular weight is 153 g/mol. The molecule has 2 atom stereocenters. The number of hydrogen-bond donors (Lipinski definition) is 1. The Balaban J connectivity index is 1.92. The summed E-state index contributed by atoms with van der Waals surface area (Å²) in [5.74, 6) is 0.687. The van der Waals surface area contributed by atoms with E-state index in [1.807, 2.05) is 0 Å². The summed E-state index contributed by atoms with van der Waals surface area (Å²) in [4.78, 5) is 11.0. The van der Waals surface area contributed by atoms with E-state index >= 15 is 0 Å². The fraction of sp³-hybridized carbons (Fsp3) is 0.889. The Morgan fingerprint density at radius 3 is 2.55 bits per heavy atom. The van der Waals surface area contributed by atoms with Gasteiger partial charge in [0.15, 0.2) is 0 Å². The van der Waals surface area contributed by atoms with Gasteiger partial charge in [-0.05, 0) is 12.8 Å². The van der Waals surface area contributed by atoms with Gasteiger partial charge in [-0.2, -0.15) is 0 Å². The molecule has 1 saturated carbocycles. The Bertz CT molecular complexity index is 167. The molecule has 1 amide bonds. The summed E-state index contributed by atoms with van der Waals surface area (Å²) in [6.45, 7) is 0. The zero-order chi connectivity index (χ0) is 7.68. The summed E-state index contributed by atoms with van der Waals surface area (Å²) in [5, 5.41) is 2.97.